The summed E-state index contributed by atoms with van der Waals surface area (Å²) >= 11 is 2.78. The highest BCUT2D eigenvalue weighted by Crippen LogP contribution is 2.69. The third kappa shape index (κ3) is 1.52. The van der Waals surface area contributed by atoms with Gasteiger partial charge in [0.1, 0.15) is 0 Å². The molecule has 0 bridgehead atoms. The molecule has 1 aromatic rings. The molecule has 2 aliphatic carbocycles. The SMILES string of the molecule is CC1C(F)(F)C1(F)c1cc(C2CC2)c(O)c(F)c1Br. The summed E-state index contributed by atoms with van der Waals surface area (Å²) in [6.45, 7) is 1.09. The Kier molecular flexibility index (Phi) is 2.54. The van der Waals surface area contributed by atoms with Crippen LogP contribution in [0.3, 0.4) is 0 Å². The number of halogens is 5. The standard InChI is InChI=1S/C13H11BrF4O/c1-5-12(16,13(5,17)18)8-4-7(6-2-3-6)11(19)10(15)9(8)14/h4-6,19H,2-3H2,1H3. The number of rotatable bonds is 2. The van der Waals surface area contributed by atoms with E-state index in [-0.39, 0.29) is 11.5 Å². The van der Waals surface area contributed by atoms with Gasteiger partial charge in [-0.2, -0.15) is 0 Å². The van der Waals surface area contributed by atoms with Crippen LogP contribution in [-0.4, -0.2) is 11.0 Å². The molecule has 2 saturated carbocycles. The second-order valence-electron chi connectivity index (χ2n) is 5.32. The van der Waals surface area contributed by atoms with Crippen molar-refractivity contribution in [3.05, 3.63) is 27.5 Å². The normalized spacial score (nSPS) is 32.4. The summed E-state index contributed by atoms with van der Waals surface area (Å²) in [7, 11) is 0. The van der Waals surface area contributed by atoms with Gasteiger partial charge >= 0.3 is 0 Å². The van der Waals surface area contributed by atoms with Gasteiger partial charge in [-0.3, -0.25) is 0 Å². The van der Waals surface area contributed by atoms with Gasteiger partial charge in [-0.25, -0.2) is 17.6 Å². The lowest BCUT2D eigenvalue weighted by molar-refractivity contribution is 0.0387. The molecule has 2 atom stereocenters. The predicted molar refractivity (Wildman–Crippen MR) is 64.6 cm³/mol. The van der Waals surface area contributed by atoms with E-state index in [1.54, 1.807) is 0 Å². The minimum Gasteiger partial charge on any atom is -0.505 e. The zero-order chi connectivity index (χ0) is 14.2. The summed E-state index contributed by atoms with van der Waals surface area (Å²) in [4.78, 5) is 0. The van der Waals surface area contributed by atoms with E-state index in [1.807, 2.05) is 0 Å². The van der Waals surface area contributed by atoms with E-state index in [1.165, 1.54) is 6.07 Å². The highest BCUT2D eigenvalue weighted by Gasteiger charge is 2.82. The molecule has 104 valence electrons. The van der Waals surface area contributed by atoms with Crippen LogP contribution in [-0.2, 0) is 5.67 Å². The van der Waals surface area contributed by atoms with Crippen molar-refractivity contribution in [2.24, 2.45) is 5.92 Å². The molecule has 0 heterocycles. The third-order valence-electron chi connectivity index (χ3n) is 4.16. The van der Waals surface area contributed by atoms with Crippen LogP contribution in [0.25, 0.3) is 0 Å². The fourth-order valence-electron chi connectivity index (χ4n) is 2.55. The Morgan fingerprint density at radius 2 is 1.84 bits per heavy atom. The zero-order valence-electron chi connectivity index (χ0n) is 9.98. The number of phenolic OH excluding ortho intramolecular Hbond substituents is 1. The van der Waals surface area contributed by atoms with Crippen molar-refractivity contribution in [1.82, 2.24) is 0 Å². The van der Waals surface area contributed by atoms with Gasteiger partial charge in [-0.1, -0.05) is 6.92 Å². The Morgan fingerprint density at radius 3 is 2.26 bits per heavy atom. The first-order valence-corrected chi connectivity index (χ1v) is 6.80. The van der Waals surface area contributed by atoms with Crippen LogP contribution in [0.5, 0.6) is 5.75 Å². The number of phenols is 1. The lowest BCUT2D eigenvalue weighted by Crippen LogP contribution is -2.12. The smallest absolute Gasteiger partial charge is 0.292 e. The van der Waals surface area contributed by atoms with Gasteiger partial charge in [0.2, 0.25) is 5.67 Å². The molecule has 0 radical (unpaired) electrons. The Morgan fingerprint density at radius 1 is 1.32 bits per heavy atom. The molecule has 0 amide bonds. The average Bonchev–Trinajstić information content (AvgIpc) is 3.24. The van der Waals surface area contributed by atoms with E-state index < -0.39 is 39.1 Å². The molecule has 0 spiro atoms. The average molecular weight is 339 g/mol. The molecule has 2 fully saturated rings. The Balaban J connectivity index is 2.18. The molecule has 3 rings (SSSR count). The third-order valence-corrected chi connectivity index (χ3v) is 4.94. The number of alkyl halides is 3. The lowest BCUT2D eigenvalue weighted by Gasteiger charge is -2.14. The van der Waals surface area contributed by atoms with Crippen LogP contribution in [0.2, 0.25) is 0 Å². The van der Waals surface area contributed by atoms with Gasteiger partial charge in [-0.05, 0) is 40.8 Å². The van der Waals surface area contributed by atoms with E-state index >= 15 is 0 Å². The van der Waals surface area contributed by atoms with Crippen molar-refractivity contribution >= 4 is 15.9 Å². The van der Waals surface area contributed by atoms with Gasteiger partial charge in [0, 0.05) is 11.1 Å². The maximum absolute atomic E-state index is 14.4. The summed E-state index contributed by atoms with van der Waals surface area (Å²) in [6.07, 6.45) is 1.50. The number of benzene rings is 1. The summed E-state index contributed by atoms with van der Waals surface area (Å²) in [5.41, 5.74) is -3.03. The highest BCUT2D eigenvalue weighted by atomic mass is 79.9. The number of hydrogen-bond donors (Lipinski definition) is 1. The largest absolute Gasteiger partial charge is 0.505 e. The van der Waals surface area contributed by atoms with Crippen molar-refractivity contribution in [3.8, 4) is 5.75 Å². The molecule has 0 aromatic heterocycles. The van der Waals surface area contributed by atoms with Gasteiger partial charge < -0.3 is 5.11 Å². The van der Waals surface area contributed by atoms with Gasteiger partial charge in [0.25, 0.3) is 5.92 Å². The molecule has 1 N–H and O–H groups in total. The highest BCUT2D eigenvalue weighted by molar-refractivity contribution is 9.10. The second-order valence-corrected chi connectivity index (χ2v) is 6.11. The summed E-state index contributed by atoms with van der Waals surface area (Å²) in [5.74, 6) is -6.69. The van der Waals surface area contributed by atoms with Crippen molar-refractivity contribution in [3.63, 3.8) is 0 Å². The minimum atomic E-state index is -3.50. The van der Waals surface area contributed by atoms with Crippen LogP contribution in [0.1, 0.15) is 36.8 Å². The van der Waals surface area contributed by atoms with Crippen LogP contribution in [0.4, 0.5) is 17.6 Å². The van der Waals surface area contributed by atoms with Gasteiger partial charge in [-0.15, -0.1) is 0 Å². The van der Waals surface area contributed by atoms with Crippen molar-refractivity contribution in [1.29, 1.82) is 0 Å². The lowest BCUT2D eigenvalue weighted by atomic mass is 10.00. The van der Waals surface area contributed by atoms with Crippen molar-refractivity contribution in [2.45, 2.75) is 37.3 Å². The quantitative estimate of drug-likeness (QED) is 0.780. The minimum absolute atomic E-state index is 0.0624. The Labute approximate surface area is 115 Å². The Bertz CT molecular complexity index is 570. The molecular formula is C13H11BrF4O. The molecule has 2 unspecified atom stereocenters. The first kappa shape index (κ1) is 13.2. The van der Waals surface area contributed by atoms with Crippen LogP contribution >= 0.6 is 15.9 Å². The van der Waals surface area contributed by atoms with E-state index in [9.17, 15) is 22.7 Å². The maximum atomic E-state index is 14.4. The maximum Gasteiger partial charge on any atom is 0.292 e. The molecular weight excluding hydrogens is 328 g/mol. The zero-order valence-corrected chi connectivity index (χ0v) is 11.6. The summed E-state index contributed by atoms with van der Waals surface area (Å²) < 4.78 is 54.7. The van der Waals surface area contributed by atoms with E-state index in [0.717, 1.165) is 19.8 Å². The van der Waals surface area contributed by atoms with E-state index in [2.05, 4.69) is 15.9 Å². The molecule has 2 aliphatic rings. The van der Waals surface area contributed by atoms with Gasteiger partial charge in [0.05, 0.1) is 10.4 Å². The first-order chi connectivity index (χ1) is 8.73. The second kappa shape index (κ2) is 3.65. The van der Waals surface area contributed by atoms with Crippen molar-refractivity contribution < 1.29 is 22.7 Å². The van der Waals surface area contributed by atoms with Crippen LogP contribution in [0.15, 0.2) is 10.5 Å². The number of aromatic hydroxyl groups is 1. The monoisotopic (exact) mass is 338 g/mol. The van der Waals surface area contributed by atoms with Crippen molar-refractivity contribution in [2.75, 3.05) is 0 Å². The fraction of sp³-hybridized carbons (Fsp3) is 0.538. The summed E-state index contributed by atoms with van der Waals surface area (Å²) in [5, 5.41) is 9.68. The first-order valence-electron chi connectivity index (χ1n) is 6.01. The molecule has 0 saturated heterocycles. The van der Waals surface area contributed by atoms with E-state index in [4.69, 9.17) is 0 Å². The predicted octanol–water partition coefficient (Wildman–Crippen LogP) is 4.62. The van der Waals surface area contributed by atoms with Gasteiger partial charge in [0.15, 0.2) is 11.6 Å². The van der Waals surface area contributed by atoms with Crippen LogP contribution < -0.4 is 0 Å². The molecule has 1 aromatic carbocycles. The Hall–Kier alpha value is -0.780. The molecule has 6 heteroatoms. The van der Waals surface area contributed by atoms with E-state index in [0.29, 0.717) is 0 Å². The molecule has 1 nitrogen and oxygen atoms in total. The summed E-state index contributed by atoms with van der Waals surface area (Å²) in [6, 6.07) is 1.18. The van der Waals surface area contributed by atoms with Crippen LogP contribution in [0, 0.1) is 11.7 Å². The molecule has 19 heavy (non-hydrogen) atoms. The topological polar surface area (TPSA) is 20.2 Å². The molecule has 0 aliphatic heterocycles. The number of hydrogen-bond acceptors (Lipinski definition) is 1. The fourth-order valence-corrected chi connectivity index (χ4v) is 3.14.